The van der Waals surface area contributed by atoms with E-state index in [0.717, 1.165) is 15.7 Å². The first-order valence-electron chi connectivity index (χ1n) is 4.51. The standard InChI is InChI=1S/C10H14FIN2/c1-7(5-13)14-6-8-2-3-9(11)4-10(8)12/h2-4,7,14H,5-6,13H2,1H3/t7-/m0/s1. The smallest absolute Gasteiger partial charge is 0.124 e. The lowest BCUT2D eigenvalue weighted by Crippen LogP contribution is -2.32. The van der Waals surface area contributed by atoms with E-state index in [1.165, 1.54) is 12.1 Å². The summed E-state index contributed by atoms with van der Waals surface area (Å²) in [5.74, 6) is -0.190. The maximum absolute atomic E-state index is 12.8. The van der Waals surface area contributed by atoms with Crippen LogP contribution < -0.4 is 11.1 Å². The molecule has 1 aromatic carbocycles. The Kier molecular flexibility index (Phi) is 4.77. The maximum atomic E-state index is 12.8. The third-order valence-electron chi connectivity index (χ3n) is 2.01. The first-order valence-corrected chi connectivity index (χ1v) is 5.58. The van der Waals surface area contributed by atoms with E-state index in [9.17, 15) is 4.39 Å². The second kappa shape index (κ2) is 5.63. The summed E-state index contributed by atoms with van der Waals surface area (Å²) in [6.07, 6.45) is 0. The van der Waals surface area contributed by atoms with Crippen molar-refractivity contribution in [1.29, 1.82) is 0 Å². The van der Waals surface area contributed by atoms with Gasteiger partial charge in [0.1, 0.15) is 5.82 Å². The molecule has 0 bridgehead atoms. The molecular weight excluding hydrogens is 294 g/mol. The number of rotatable bonds is 4. The van der Waals surface area contributed by atoms with Crippen molar-refractivity contribution in [3.63, 3.8) is 0 Å². The number of halogens is 2. The van der Waals surface area contributed by atoms with Gasteiger partial charge in [-0.25, -0.2) is 4.39 Å². The van der Waals surface area contributed by atoms with Gasteiger partial charge in [0.2, 0.25) is 0 Å². The highest BCUT2D eigenvalue weighted by Gasteiger charge is 2.03. The van der Waals surface area contributed by atoms with E-state index in [4.69, 9.17) is 5.73 Å². The molecule has 4 heteroatoms. The van der Waals surface area contributed by atoms with E-state index in [-0.39, 0.29) is 11.9 Å². The Morgan fingerprint density at radius 2 is 2.29 bits per heavy atom. The first-order chi connectivity index (χ1) is 6.63. The summed E-state index contributed by atoms with van der Waals surface area (Å²) in [5, 5.41) is 3.26. The Bertz CT molecular complexity index is 304. The molecule has 14 heavy (non-hydrogen) atoms. The Labute approximate surface area is 97.2 Å². The Balaban J connectivity index is 2.59. The van der Waals surface area contributed by atoms with E-state index < -0.39 is 0 Å². The van der Waals surface area contributed by atoms with Crippen LogP contribution in [0, 0.1) is 9.39 Å². The zero-order chi connectivity index (χ0) is 10.6. The molecule has 2 nitrogen and oxygen atoms in total. The van der Waals surface area contributed by atoms with Gasteiger partial charge in [0, 0.05) is 22.7 Å². The zero-order valence-corrected chi connectivity index (χ0v) is 10.2. The maximum Gasteiger partial charge on any atom is 0.124 e. The van der Waals surface area contributed by atoms with Crippen molar-refractivity contribution in [3.8, 4) is 0 Å². The van der Waals surface area contributed by atoms with Gasteiger partial charge in [-0.3, -0.25) is 0 Å². The van der Waals surface area contributed by atoms with Gasteiger partial charge in [0.25, 0.3) is 0 Å². The Morgan fingerprint density at radius 1 is 1.57 bits per heavy atom. The number of nitrogens with two attached hydrogens (primary N) is 1. The molecule has 78 valence electrons. The fraction of sp³-hybridized carbons (Fsp3) is 0.400. The molecule has 0 aliphatic carbocycles. The van der Waals surface area contributed by atoms with Crippen molar-refractivity contribution in [1.82, 2.24) is 5.32 Å². The van der Waals surface area contributed by atoms with Crippen LogP contribution in [0.1, 0.15) is 12.5 Å². The highest BCUT2D eigenvalue weighted by atomic mass is 127. The van der Waals surface area contributed by atoms with Crippen molar-refractivity contribution in [2.75, 3.05) is 6.54 Å². The molecule has 0 heterocycles. The van der Waals surface area contributed by atoms with Gasteiger partial charge in [-0.2, -0.15) is 0 Å². The molecule has 0 fully saturated rings. The number of hydrogen-bond acceptors (Lipinski definition) is 2. The van der Waals surface area contributed by atoms with Crippen LogP contribution in [0.2, 0.25) is 0 Å². The zero-order valence-electron chi connectivity index (χ0n) is 8.06. The Hall–Kier alpha value is -0.200. The van der Waals surface area contributed by atoms with Crippen LogP contribution in [-0.2, 0) is 6.54 Å². The quantitative estimate of drug-likeness (QED) is 0.834. The lowest BCUT2D eigenvalue weighted by atomic mass is 10.2. The molecule has 3 N–H and O–H groups in total. The lowest BCUT2D eigenvalue weighted by molar-refractivity contribution is 0.554. The van der Waals surface area contributed by atoms with Gasteiger partial charge < -0.3 is 11.1 Å². The summed E-state index contributed by atoms with van der Waals surface area (Å²) < 4.78 is 13.7. The highest BCUT2D eigenvalue weighted by molar-refractivity contribution is 14.1. The minimum atomic E-state index is -0.190. The van der Waals surface area contributed by atoms with E-state index in [1.807, 2.05) is 6.92 Å². The highest BCUT2D eigenvalue weighted by Crippen LogP contribution is 2.13. The predicted octanol–water partition coefficient (Wildman–Crippen LogP) is 1.87. The monoisotopic (exact) mass is 308 g/mol. The van der Waals surface area contributed by atoms with E-state index in [0.29, 0.717) is 6.54 Å². The molecule has 0 amide bonds. The van der Waals surface area contributed by atoms with Gasteiger partial charge in [0.15, 0.2) is 0 Å². The molecular formula is C10H14FIN2. The van der Waals surface area contributed by atoms with Crippen LogP contribution in [0.25, 0.3) is 0 Å². The minimum Gasteiger partial charge on any atom is -0.329 e. The molecule has 0 unspecified atom stereocenters. The van der Waals surface area contributed by atoms with Crippen molar-refractivity contribution in [2.24, 2.45) is 5.73 Å². The molecule has 0 saturated heterocycles. The summed E-state index contributed by atoms with van der Waals surface area (Å²) in [6, 6.07) is 5.10. The van der Waals surface area contributed by atoms with Crippen molar-refractivity contribution < 1.29 is 4.39 Å². The summed E-state index contributed by atoms with van der Waals surface area (Å²) in [6.45, 7) is 3.37. The van der Waals surface area contributed by atoms with Crippen LogP contribution >= 0.6 is 22.6 Å². The van der Waals surface area contributed by atoms with Crippen molar-refractivity contribution >= 4 is 22.6 Å². The third-order valence-corrected chi connectivity index (χ3v) is 3.01. The summed E-state index contributed by atoms with van der Waals surface area (Å²) in [5.41, 5.74) is 6.58. The molecule has 0 aliphatic rings. The summed E-state index contributed by atoms with van der Waals surface area (Å²) in [7, 11) is 0. The van der Waals surface area contributed by atoms with E-state index >= 15 is 0 Å². The Morgan fingerprint density at radius 3 is 2.86 bits per heavy atom. The fourth-order valence-corrected chi connectivity index (χ4v) is 1.70. The summed E-state index contributed by atoms with van der Waals surface area (Å²) >= 11 is 2.13. The number of benzene rings is 1. The fourth-order valence-electron chi connectivity index (χ4n) is 1.03. The molecule has 1 aromatic rings. The molecule has 1 rings (SSSR count). The van der Waals surface area contributed by atoms with Gasteiger partial charge in [-0.1, -0.05) is 6.07 Å². The molecule has 0 radical (unpaired) electrons. The van der Waals surface area contributed by atoms with Crippen LogP contribution in [0.15, 0.2) is 18.2 Å². The molecule has 0 aliphatic heterocycles. The number of hydrogen-bond donors (Lipinski definition) is 2. The largest absolute Gasteiger partial charge is 0.329 e. The van der Waals surface area contributed by atoms with Gasteiger partial charge in [-0.05, 0) is 47.2 Å². The van der Waals surface area contributed by atoms with Gasteiger partial charge >= 0.3 is 0 Å². The summed E-state index contributed by atoms with van der Waals surface area (Å²) in [4.78, 5) is 0. The van der Waals surface area contributed by atoms with Crippen LogP contribution in [0.4, 0.5) is 4.39 Å². The topological polar surface area (TPSA) is 38.0 Å². The van der Waals surface area contributed by atoms with Gasteiger partial charge in [0.05, 0.1) is 0 Å². The molecule has 0 spiro atoms. The average Bonchev–Trinajstić information content (AvgIpc) is 2.16. The molecule has 0 aromatic heterocycles. The second-order valence-corrected chi connectivity index (χ2v) is 4.42. The van der Waals surface area contributed by atoms with Crippen molar-refractivity contribution in [3.05, 3.63) is 33.1 Å². The predicted molar refractivity (Wildman–Crippen MR) is 64.5 cm³/mol. The number of nitrogens with one attached hydrogen (secondary N) is 1. The molecule has 1 atom stereocenters. The molecule has 0 saturated carbocycles. The first kappa shape index (κ1) is 11.9. The normalized spacial score (nSPS) is 12.9. The van der Waals surface area contributed by atoms with E-state index in [2.05, 4.69) is 27.9 Å². The van der Waals surface area contributed by atoms with Crippen LogP contribution in [0.3, 0.4) is 0 Å². The SMILES string of the molecule is C[C@@H](CN)NCc1ccc(F)cc1I. The average molecular weight is 308 g/mol. The van der Waals surface area contributed by atoms with Crippen molar-refractivity contribution in [2.45, 2.75) is 19.5 Å². The lowest BCUT2D eigenvalue weighted by Gasteiger charge is -2.12. The minimum absolute atomic E-state index is 0.190. The second-order valence-electron chi connectivity index (χ2n) is 3.25. The van der Waals surface area contributed by atoms with E-state index in [1.54, 1.807) is 6.07 Å². The van der Waals surface area contributed by atoms with Crippen LogP contribution in [0.5, 0.6) is 0 Å². The van der Waals surface area contributed by atoms with Gasteiger partial charge in [-0.15, -0.1) is 0 Å². The van der Waals surface area contributed by atoms with Crippen LogP contribution in [-0.4, -0.2) is 12.6 Å². The third kappa shape index (κ3) is 3.51.